The first-order chi connectivity index (χ1) is 9.61. The minimum atomic E-state index is -0.152. The Morgan fingerprint density at radius 1 is 1.65 bits per heavy atom. The van der Waals surface area contributed by atoms with Crippen molar-refractivity contribution in [2.24, 2.45) is 0 Å². The van der Waals surface area contributed by atoms with Gasteiger partial charge >= 0.3 is 0 Å². The van der Waals surface area contributed by atoms with Crippen molar-refractivity contribution in [2.75, 3.05) is 40.8 Å². The molecule has 0 spiro atoms. The van der Waals surface area contributed by atoms with E-state index in [9.17, 15) is 4.79 Å². The molecule has 2 heterocycles. The lowest BCUT2D eigenvalue weighted by Crippen LogP contribution is -2.57. The predicted octanol–water partition coefficient (Wildman–Crippen LogP) is -0.317. The molecule has 1 aromatic heterocycles. The summed E-state index contributed by atoms with van der Waals surface area (Å²) in [7, 11) is 5.17. The smallest absolute Gasteiger partial charge is 0.240 e. The first kappa shape index (κ1) is 15.0. The van der Waals surface area contributed by atoms with Gasteiger partial charge in [-0.25, -0.2) is 0 Å². The molecule has 1 saturated heterocycles. The Hall–Kier alpha value is -1.44. The zero-order chi connectivity index (χ0) is 14.5. The highest BCUT2D eigenvalue weighted by molar-refractivity contribution is 5.81. The van der Waals surface area contributed by atoms with Gasteiger partial charge in [0.25, 0.3) is 0 Å². The van der Waals surface area contributed by atoms with Crippen LogP contribution in [0.3, 0.4) is 0 Å². The van der Waals surface area contributed by atoms with Crippen molar-refractivity contribution < 1.29 is 14.1 Å². The van der Waals surface area contributed by atoms with E-state index in [-0.39, 0.29) is 11.9 Å². The Morgan fingerprint density at radius 2 is 2.45 bits per heavy atom. The number of carbonyl (C=O) groups excluding carboxylic acids is 1. The molecule has 7 heteroatoms. The molecule has 1 aliphatic rings. The van der Waals surface area contributed by atoms with Gasteiger partial charge in [0.1, 0.15) is 12.6 Å². The van der Waals surface area contributed by atoms with Gasteiger partial charge in [0.15, 0.2) is 5.76 Å². The van der Waals surface area contributed by atoms with E-state index in [0.717, 1.165) is 18.8 Å². The first-order valence-corrected chi connectivity index (χ1v) is 6.71. The fourth-order valence-corrected chi connectivity index (χ4v) is 2.33. The summed E-state index contributed by atoms with van der Waals surface area (Å²) in [6.07, 6.45) is 0. The van der Waals surface area contributed by atoms with Crippen LogP contribution in [0.25, 0.3) is 0 Å². The second-order valence-corrected chi connectivity index (χ2v) is 5.14. The largest absolute Gasteiger partial charge is 0.377 e. The van der Waals surface area contributed by atoms with Crippen LogP contribution < -0.4 is 5.32 Å². The van der Waals surface area contributed by atoms with Gasteiger partial charge in [-0.15, -0.1) is 0 Å². The van der Waals surface area contributed by atoms with Crippen molar-refractivity contribution in [1.29, 1.82) is 0 Å². The third-order valence-corrected chi connectivity index (χ3v) is 3.34. The number of aromatic nitrogens is 1. The Morgan fingerprint density at radius 3 is 3.15 bits per heavy atom. The number of rotatable bonds is 5. The topological polar surface area (TPSA) is 70.8 Å². The van der Waals surface area contributed by atoms with E-state index in [1.54, 1.807) is 26.1 Å². The van der Waals surface area contributed by atoms with Crippen LogP contribution in [0.5, 0.6) is 0 Å². The third-order valence-electron chi connectivity index (χ3n) is 3.34. The van der Waals surface area contributed by atoms with Crippen LogP contribution in [0.4, 0.5) is 0 Å². The van der Waals surface area contributed by atoms with Crippen LogP contribution in [0.1, 0.15) is 11.5 Å². The van der Waals surface area contributed by atoms with Gasteiger partial charge in [-0.3, -0.25) is 9.69 Å². The Balaban J connectivity index is 2.02. The molecule has 1 N–H and O–H groups in total. The van der Waals surface area contributed by atoms with Gasteiger partial charge in [-0.1, -0.05) is 5.16 Å². The van der Waals surface area contributed by atoms with Crippen molar-refractivity contribution in [3.8, 4) is 0 Å². The average Bonchev–Trinajstić information content (AvgIpc) is 2.86. The normalized spacial score (nSPS) is 20.1. The number of likely N-dealkylation sites (N-methyl/N-ethyl adjacent to an activating group) is 1. The van der Waals surface area contributed by atoms with Crippen LogP contribution in [-0.2, 0) is 22.7 Å². The number of piperazine rings is 1. The molecular weight excluding hydrogens is 260 g/mol. The summed E-state index contributed by atoms with van der Waals surface area (Å²) >= 11 is 0. The maximum Gasteiger partial charge on any atom is 0.240 e. The molecule has 0 aliphatic carbocycles. The van der Waals surface area contributed by atoms with Crippen molar-refractivity contribution in [1.82, 2.24) is 20.3 Å². The van der Waals surface area contributed by atoms with Crippen LogP contribution >= 0.6 is 0 Å². The monoisotopic (exact) mass is 282 g/mol. The quantitative estimate of drug-likeness (QED) is 0.798. The molecule has 1 atom stereocenters. The van der Waals surface area contributed by atoms with Gasteiger partial charge in [0, 0.05) is 53.5 Å². The van der Waals surface area contributed by atoms with Gasteiger partial charge in [-0.2, -0.15) is 0 Å². The molecule has 1 amide bonds. The summed E-state index contributed by atoms with van der Waals surface area (Å²) in [6, 6.07) is 1.73. The zero-order valence-corrected chi connectivity index (χ0v) is 12.3. The van der Waals surface area contributed by atoms with E-state index in [1.807, 2.05) is 6.07 Å². The van der Waals surface area contributed by atoms with E-state index in [1.165, 1.54) is 0 Å². The second kappa shape index (κ2) is 6.83. The number of nitrogens with one attached hydrogen (secondary N) is 1. The Labute approximate surface area is 118 Å². The second-order valence-electron chi connectivity index (χ2n) is 5.14. The molecular formula is C13H22N4O3. The molecule has 0 aromatic carbocycles. The van der Waals surface area contributed by atoms with Gasteiger partial charge in [0.05, 0.1) is 5.69 Å². The fourth-order valence-electron chi connectivity index (χ4n) is 2.33. The summed E-state index contributed by atoms with van der Waals surface area (Å²) in [5.41, 5.74) is 0.829. The van der Waals surface area contributed by atoms with E-state index >= 15 is 0 Å². The predicted molar refractivity (Wildman–Crippen MR) is 73.0 cm³/mol. The van der Waals surface area contributed by atoms with E-state index in [0.29, 0.717) is 25.5 Å². The van der Waals surface area contributed by atoms with Crippen molar-refractivity contribution >= 4 is 5.91 Å². The molecule has 20 heavy (non-hydrogen) atoms. The number of methoxy groups -OCH3 is 1. The molecule has 0 radical (unpaired) electrons. The lowest BCUT2D eigenvalue weighted by Gasteiger charge is -2.35. The number of carbonyl (C=O) groups is 1. The van der Waals surface area contributed by atoms with E-state index < -0.39 is 0 Å². The zero-order valence-electron chi connectivity index (χ0n) is 12.3. The number of hydrogen-bond acceptors (Lipinski definition) is 6. The summed E-state index contributed by atoms with van der Waals surface area (Å²) in [5, 5.41) is 7.28. The number of ether oxygens (including phenoxy) is 1. The summed E-state index contributed by atoms with van der Waals surface area (Å²) in [4.78, 5) is 15.9. The highest BCUT2D eigenvalue weighted by Gasteiger charge is 2.30. The molecule has 112 valence electrons. The van der Waals surface area contributed by atoms with Gasteiger partial charge < -0.3 is 19.5 Å². The molecule has 1 unspecified atom stereocenters. The van der Waals surface area contributed by atoms with Crippen molar-refractivity contribution in [3.05, 3.63) is 17.5 Å². The van der Waals surface area contributed by atoms with Gasteiger partial charge in [-0.05, 0) is 0 Å². The lowest BCUT2D eigenvalue weighted by molar-refractivity contribution is -0.135. The molecule has 0 saturated carbocycles. The Bertz CT molecular complexity index is 447. The molecule has 2 rings (SSSR count). The Kier molecular flexibility index (Phi) is 5.11. The van der Waals surface area contributed by atoms with Crippen molar-refractivity contribution in [3.63, 3.8) is 0 Å². The average molecular weight is 282 g/mol. The molecule has 0 bridgehead atoms. The summed E-state index contributed by atoms with van der Waals surface area (Å²) in [6.45, 7) is 3.38. The van der Waals surface area contributed by atoms with Crippen molar-refractivity contribution in [2.45, 2.75) is 19.2 Å². The number of amides is 1. The summed E-state index contributed by atoms with van der Waals surface area (Å²) in [5.74, 6) is 0.811. The standard InChI is InChI=1S/C13H22N4O3/c1-16(2)13(18)12-7-14-4-5-17(12)8-10-6-11(9-19-3)20-15-10/h6,12,14H,4-5,7-9H2,1-3H3. The third kappa shape index (κ3) is 3.56. The lowest BCUT2D eigenvalue weighted by atomic mass is 10.1. The van der Waals surface area contributed by atoms with Gasteiger partial charge in [0.2, 0.25) is 5.91 Å². The van der Waals surface area contributed by atoms with Crippen LogP contribution in [0.2, 0.25) is 0 Å². The summed E-state index contributed by atoms with van der Waals surface area (Å²) < 4.78 is 10.2. The first-order valence-electron chi connectivity index (χ1n) is 6.71. The number of hydrogen-bond donors (Lipinski definition) is 1. The van der Waals surface area contributed by atoms with E-state index in [2.05, 4.69) is 15.4 Å². The van der Waals surface area contributed by atoms with Crippen LogP contribution in [0.15, 0.2) is 10.6 Å². The number of nitrogens with zero attached hydrogens (tertiary/aromatic N) is 3. The molecule has 1 aromatic rings. The highest BCUT2D eigenvalue weighted by Crippen LogP contribution is 2.13. The molecule has 1 aliphatic heterocycles. The SMILES string of the molecule is COCc1cc(CN2CCNCC2C(=O)N(C)C)no1. The van der Waals surface area contributed by atoms with Crippen LogP contribution in [0, 0.1) is 0 Å². The maximum atomic E-state index is 12.2. The van der Waals surface area contributed by atoms with E-state index in [4.69, 9.17) is 9.26 Å². The fraction of sp³-hybridized carbons (Fsp3) is 0.692. The maximum absolute atomic E-state index is 12.2. The minimum absolute atomic E-state index is 0.109. The molecule has 1 fully saturated rings. The van der Waals surface area contributed by atoms with Crippen LogP contribution in [-0.4, -0.2) is 67.7 Å². The highest BCUT2D eigenvalue weighted by atomic mass is 16.5. The minimum Gasteiger partial charge on any atom is -0.377 e. The molecule has 7 nitrogen and oxygen atoms in total.